The minimum absolute atomic E-state index is 0.157. The van der Waals surface area contributed by atoms with Crippen LogP contribution in [0.2, 0.25) is 0 Å². The van der Waals surface area contributed by atoms with Crippen LogP contribution in [0.25, 0.3) is 0 Å². The molecular formula is C16H26N4O. The van der Waals surface area contributed by atoms with Crippen LogP contribution in [0.3, 0.4) is 0 Å². The van der Waals surface area contributed by atoms with E-state index in [1.165, 1.54) is 12.1 Å². The van der Waals surface area contributed by atoms with E-state index >= 15 is 0 Å². The van der Waals surface area contributed by atoms with E-state index in [1.54, 1.807) is 0 Å². The number of aromatic nitrogens is 2. The Morgan fingerprint density at radius 1 is 1.38 bits per heavy atom. The summed E-state index contributed by atoms with van der Waals surface area (Å²) in [6, 6.07) is 0. The summed E-state index contributed by atoms with van der Waals surface area (Å²) in [5.41, 5.74) is 1.42. The fraction of sp³-hybridized carbons (Fsp3) is 0.750. The van der Waals surface area contributed by atoms with Crippen LogP contribution < -0.4 is 5.32 Å². The van der Waals surface area contributed by atoms with Gasteiger partial charge in [0.25, 0.3) is 0 Å². The summed E-state index contributed by atoms with van der Waals surface area (Å²) in [7, 11) is 0. The van der Waals surface area contributed by atoms with Crippen molar-refractivity contribution in [1.29, 1.82) is 0 Å². The van der Waals surface area contributed by atoms with Crippen LogP contribution in [0.15, 0.2) is 12.5 Å². The van der Waals surface area contributed by atoms with Crippen LogP contribution in [-0.4, -0.2) is 46.5 Å². The van der Waals surface area contributed by atoms with Crippen molar-refractivity contribution in [2.75, 3.05) is 26.2 Å². The first-order valence-electron chi connectivity index (χ1n) is 8.18. The Morgan fingerprint density at radius 2 is 2.19 bits per heavy atom. The average Bonchev–Trinajstić information content (AvgIpc) is 3.15. The SMILES string of the molecule is CC1(c2cncn2CCC(=O)N2CCCCC2)CCNC1. The quantitative estimate of drug-likeness (QED) is 0.915. The van der Waals surface area contributed by atoms with Gasteiger partial charge in [-0.25, -0.2) is 4.98 Å². The lowest BCUT2D eigenvalue weighted by Gasteiger charge is -2.28. The first kappa shape index (κ1) is 14.6. The van der Waals surface area contributed by atoms with Gasteiger partial charge in [-0.2, -0.15) is 0 Å². The number of hydrogen-bond acceptors (Lipinski definition) is 3. The molecule has 2 aliphatic heterocycles. The molecule has 0 radical (unpaired) electrons. The van der Waals surface area contributed by atoms with Crippen LogP contribution in [0.4, 0.5) is 0 Å². The van der Waals surface area contributed by atoms with Gasteiger partial charge in [-0.05, 0) is 32.2 Å². The molecule has 21 heavy (non-hydrogen) atoms. The molecule has 2 saturated heterocycles. The fourth-order valence-electron chi connectivity index (χ4n) is 3.55. The molecule has 3 heterocycles. The number of nitrogens with zero attached hydrogens (tertiary/aromatic N) is 3. The first-order chi connectivity index (χ1) is 10.2. The van der Waals surface area contributed by atoms with E-state index in [1.807, 2.05) is 17.4 Å². The lowest BCUT2D eigenvalue weighted by molar-refractivity contribution is -0.132. The molecule has 0 saturated carbocycles. The van der Waals surface area contributed by atoms with Crippen molar-refractivity contribution in [3.63, 3.8) is 0 Å². The third-order valence-electron chi connectivity index (χ3n) is 4.97. The van der Waals surface area contributed by atoms with E-state index in [4.69, 9.17) is 0 Å². The maximum atomic E-state index is 12.3. The zero-order chi connectivity index (χ0) is 14.7. The molecule has 1 unspecified atom stereocenters. The molecule has 1 atom stereocenters. The lowest BCUT2D eigenvalue weighted by Crippen LogP contribution is -2.36. The number of aryl methyl sites for hydroxylation is 1. The first-order valence-corrected chi connectivity index (χ1v) is 8.18. The van der Waals surface area contributed by atoms with E-state index in [2.05, 4.69) is 21.8 Å². The van der Waals surface area contributed by atoms with Gasteiger partial charge in [0.2, 0.25) is 5.91 Å². The third kappa shape index (κ3) is 3.12. The van der Waals surface area contributed by atoms with Crippen LogP contribution in [0, 0.1) is 0 Å². The van der Waals surface area contributed by atoms with Crippen LogP contribution >= 0.6 is 0 Å². The van der Waals surface area contributed by atoms with Gasteiger partial charge >= 0.3 is 0 Å². The average molecular weight is 290 g/mol. The van der Waals surface area contributed by atoms with Gasteiger partial charge in [-0.3, -0.25) is 4.79 Å². The smallest absolute Gasteiger partial charge is 0.224 e. The van der Waals surface area contributed by atoms with Gasteiger partial charge in [0.1, 0.15) is 0 Å². The predicted molar refractivity (Wildman–Crippen MR) is 82.1 cm³/mol. The van der Waals surface area contributed by atoms with Crippen molar-refractivity contribution >= 4 is 5.91 Å². The molecular weight excluding hydrogens is 264 g/mol. The van der Waals surface area contributed by atoms with Gasteiger partial charge in [-0.15, -0.1) is 0 Å². The highest BCUT2D eigenvalue weighted by atomic mass is 16.2. The largest absolute Gasteiger partial charge is 0.343 e. The second kappa shape index (κ2) is 6.18. The Labute approximate surface area is 126 Å². The molecule has 2 aliphatic rings. The summed E-state index contributed by atoms with van der Waals surface area (Å²) in [5.74, 6) is 0.295. The van der Waals surface area contributed by atoms with Crippen molar-refractivity contribution in [1.82, 2.24) is 19.8 Å². The number of carbonyl (C=O) groups is 1. The molecule has 1 aromatic rings. The number of piperidine rings is 1. The third-order valence-corrected chi connectivity index (χ3v) is 4.97. The predicted octanol–water partition coefficient (Wildman–Crippen LogP) is 1.54. The van der Waals surface area contributed by atoms with E-state index in [0.29, 0.717) is 12.3 Å². The van der Waals surface area contributed by atoms with Gasteiger partial charge in [0, 0.05) is 49.9 Å². The minimum atomic E-state index is 0.157. The summed E-state index contributed by atoms with van der Waals surface area (Å²) >= 11 is 0. The van der Waals surface area contributed by atoms with Crippen molar-refractivity contribution in [3.05, 3.63) is 18.2 Å². The number of amides is 1. The molecule has 0 aromatic carbocycles. The zero-order valence-electron chi connectivity index (χ0n) is 13.0. The highest BCUT2D eigenvalue weighted by Crippen LogP contribution is 2.29. The van der Waals surface area contributed by atoms with Crippen LogP contribution in [0.1, 0.15) is 44.7 Å². The monoisotopic (exact) mass is 290 g/mol. The Hall–Kier alpha value is -1.36. The minimum Gasteiger partial charge on any atom is -0.343 e. The van der Waals surface area contributed by atoms with Gasteiger partial charge in [-0.1, -0.05) is 6.92 Å². The molecule has 0 bridgehead atoms. The molecule has 1 aromatic heterocycles. The highest BCUT2D eigenvalue weighted by Gasteiger charge is 2.33. The Kier molecular flexibility index (Phi) is 4.29. The molecule has 0 spiro atoms. The summed E-state index contributed by atoms with van der Waals surface area (Å²) in [5, 5.41) is 3.43. The number of carbonyl (C=O) groups excluding carboxylic acids is 1. The van der Waals surface area contributed by atoms with Gasteiger partial charge in [0.15, 0.2) is 0 Å². The number of nitrogens with one attached hydrogen (secondary N) is 1. The van der Waals surface area contributed by atoms with Crippen LogP contribution in [0.5, 0.6) is 0 Å². The molecule has 5 nitrogen and oxygen atoms in total. The van der Waals surface area contributed by atoms with E-state index in [9.17, 15) is 4.79 Å². The van der Waals surface area contributed by atoms with Crippen LogP contribution in [-0.2, 0) is 16.8 Å². The molecule has 5 heteroatoms. The topological polar surface area (TPSA) is 50.2 Å². The van der Waals surface area contributed by atoms with Gasteiger partial charge in [0.05, 0.1) is 6.33 Å². The lowest BCUT2D eigenvalue weighted by atomic mass is 9.86. The highest BCUT2D eigenvalue weighted by molar-refractivity contribution is 5.76. The zero-order valence-corrected chi connectivity index (χ0v) is 13.0. The normalized spacial score (nSPS) is 26.2. The number of rotatable bonds is 4. The summed E-state index contributed by atoms with van der Waals surface area (Å²) < 4.78 is 2.18. The second-order valence-corrected chi connectivity index (χ2v) is 6.65. The Balaban J connectivity index is 1.61. The maximum absolute atomic E-state index is 12.3. The number of likely N-dealkylation sites (tertiary alicyclic amines) is 1. The Morgan fingerprint density at radius 3 is 2.90 bits per heavy atom. The van der Waals surface area contributed by atoms with Crippen molar-refractivity contribution in [2.24, 2.45) is 0 Å². The second-order valence-electron chi connectivity index (χ2n) is 6.65. The standard InChI is InChI=1S/C16H26N4O/c1-16(6-7-17-12-16)14-11-18-13-20(14)10-5-15(21)19-8-3-2-4-9-19/h11,13,17H,2-10,12H2,1H3. The Bertz CT molecular complexity index is 484. The molecule has 0 aliphatic carbocycles. The molecule has 3 rings (SSSR count). The van der Waals surface area contributed by atoms with Crippen molar-refractivity contribution in [3.8, 4) is 0 Å². The number of imidazole rings is 1. The number of hydrogen-bond donors (Lipinski definition) is 1. The molecule has 1 amide bonds. The molecule has 2 fully saturated rings. The van der Waals surface area contributed by atoms with E-state index in [0.717, 1.165) is 52.0 Å². The van der Waals surface area contributed by atoms with E-state index < -0.39 is 0 Å². The molecule has 116 valence electrons. The van der Waals surface area contributed by atoms with Crippen molar-refractivity contribution in [2.45, 2.75) is 51.0 Å². The summed E-state index contributed by atoms with van der Waals surface area (Å²) in [4.78, 5) is 18.6. The van der Waals surface area contributed by atoms with E-state index in [-0.39, 0.29) is 5.41 Å². The summed E-state index contributed by atoms with van der Waals surface area (Å²) in [6.45, 7) is 6.98. The fourth-order valence-corrected chi connectivity index (χ4v) is 3.55. The van der Waals surface area contributed by atoms with Gasteiger partial charge < -0.3 is 14.8 Å². The van der Waals surface area contributed by atoms with Crippen molar-refractivity contribution < 1.29 is 4.79 Å². The summed E-state index contributed by atoms with van der Waals surface area (Å²) in [6.07, 6.45) is 9.16. The molecule has 1 N–H and O–H groups in total. The maximum Gasteiger partial charge on any atom is 0.224 e.